The van der Waals surface area contributed by atoms with E-state index in [-0.39, 0.29) is 0 Å². The summed E-state index contributed by atoms with van der Waals surface area (Å²) in [5.41, 5.74) is 1.77. The summed E-state index contributed by atoms with van der Waals surface area (Å²) in [5.74, 6) is -0.278. The Morgan fingerprint density at radius 2 is 2.35 bits per heavy atom. The van der Waals surface area contributed by atoms with Crippen LogP contribution in [0.3, 0.4) is 0 Å². The van der Waals surface area contributed by atoms with Gasteiger partial charge in [0.2, 0.25) is 0 Å². The first-order valence-electron chi connectivity index (χ1n) is 5.85. The highest BCUT2D eigenvalue weighted by atomic mass is 79.9. The topological polar surface area (TPSA) is 64.3 Å². The van der Waals surface area contributed by atoms with Gasteiger partial charge in [-0.1, -0.05) is 6.07 Å². The summed E-state index contributed by atoms with van der Waals surface area (Å²) in [6.45, 7) is 0.427. The van der Waals surface area contributed by atoms with Gasteiger partial charge in [-0.15, -0.1) is 0 Å². The largest absolute Gasteiger partial charge is 0.488 e. The Kier molecular flexibility index (Phi) is 4.57. The molecule has 0 fully saturated rings. The van der Waals surface area contributed by atoms with Crippen molar-refractivity contribution in [3.8, 4) is 5.75 Å². The van der Waals surface area contributed by atoms with Crippen LogP contribution in [0.5, 0.6) is 5.75 Å². The molecule has 5 nitrogen and oxygen atoms in total. The molecule has 0 saturated heterocycles. The molecule has 0 bridgehead atoms. The van der Waals surface area contributed by atoms with Gasteiger partial charge >= 0.3 is 5.97 Å². The minimum absolute atomic E-state index is 0.427. The number of ether oxygens (including phenoxy) is 1. The first-order chi connectivity index (χ1) is 9.54. The van der Waals surface area contributed by atoms with Crippen molar-refractivity contribution in [3.63, 3.8) is 0 Å². The number of hydrogen-bond acceptors (Lipinski definition) is 3. The third-order valence-electron chi connectivity index (χ3n) is 2.53. The second kappa shape index (κ2) is 6.38. The second-order valence-electron chi connectivity index (χ2n) is 4.17. The molecule has 0 unspecified atom stereocenters. The summed E-state index contributed by atoms with van der Waals surface area (Å²) in [5, 5.41) is 12.6. The SMILES string of the molecule is Cn1cc(COc2ccc(C=CC(=O)O)cc2Br)cn1. The molecule has 0 aliphatic heterocycles. The Hall–Kier alpha value is -2.08. The van der Waals surface area contributed by atoms with Gasteiger partial charge in [0.05, 0.1) is 10.7 Å². The number of benzene rings is 1. The lowest BCUT2D eigenvalue weighted by Gasteiger charge is -2.07. The van der Waals surface area contributed by atoms with Gasteiger partial charge in [0.1, 0.15) is 12.4 Å². The van der Waals surface area contributed by atoms with Crippen molar-refractivity contribution in [2.45, 2.75) is 6.61 Å². The smallest absolute Gasteiger partial charge is 0.328 e. The molecule has 1 aromatic carbocycles. The van der Waals surface area contributed by atoms with Gasteiger partial charge in [-0.25, -0.2) is 4.79 Å². The third kappa shape index (κ3) is 3.96. The molecule has 0 spiro atoms. The number of aromatic nitrogens is 2. The van der Waals surface area contributed by atoms with Gasteiger partial charge in [0, 0.05) is 24.9 Å². The van der Waals surface area contributed by atoms with E-state index in [0.29, 0.717) is 12.4 Å². The summed E-state index contributed by atoms with van der Waals surface area (Å²) in [4.78, 5) is 10.5. The number of carboxylic acids is 1. The maximum absolute atomic E-state index is 10.5. The summed E-state index contributed by atoms with van der Waals surface area (Å²) in [7, 11) is 1.85. The zero-order valence-electron chi connectivity index (χ0n) is 10.8. The second-order valence-corrected chi connectivity index (χ2v) is 5.03. The van der Waals surface area contributed by atoms with Crippen LogP contribution in [0.1, 0.15) is 11.1 Å². The fraction of sp³-hybridized carbons (Fsp3) is 0.143. The van der Waals surface area contributed by atoms with Gasteiger partial charge in [-0.05, 0) is 39.7 Å². The fourth-order valence-corrected chi connectivity index (χ4v) is 2.12. The summed E-state index contributed by atoms with van der Waals surface area (Å²) in [6.07, 6.45) is 6.26. The third-order valence-corrected chi connectivity index (χ3v) is 3.15. The maximum atomic E-state index is 10.5. The number of halogens is 1. The van der Waals surface area contributed by atoms with Crippen LogP contribution >= 0.6 is 15.9 Å². The number of hydrogen-bond donors (Lipinski definition) is 1. The Bertz CT molecular complexity index is 650. The van der Waals surface area contributed by atoms with Crippen LogP contribution in [-0.4, -0.2) is 20.9 Å². The molecule has 6 heteroatoms. The van der Waals surface area contributed by atoms with Crippen molar-refractivity contribution in [2.24, 2.45) is 7.05 Å². The molecular weight excluding hydrogens is 324 g/mol. The molecule has 0 saturated carbocycles. The lowest BCUT2D eigenvalue weighted by atomic mass is 10.2. The zero-order valence-corrected chi connectivity index (χ0v) is 12.4. The molecule has 0 atom stereocenters. The Balaban J connectivity index is 2.04. The van der Waals surface area contributed by atoms with Crippen LogP contribution in [0.15, 0.2) is 41.1 Å². The molecule has 20 heavy (non-hydrogen) atoms. The highest BCUT2D eigenvalue weighted by Crippen LogP contribution is 2.27. The number of carboxylic acid groups (broad SMARTS) is 1. The van der Waals surface area contributed by atoms with E-state index in [1.807, 2.05) is 13.2 Å². The molecule has 0 amide bonds. The Labute approximate surface area is 124 Å². The number of rotatable bonds is 5. The van der Waals surface area contributed by atoms with Gasteiger partial charge in [-0.3, -0.25) is 4.68 Å². The maximum Gasteiger partial charge on any atom is 0.328 e. The fourth-order valence-electron chi connectivity index (χ4n) is 1.61. The standard InChI is InChI=1S/C14H13BrN2O3/c1-17-8-11(7-16-17)9-20-13-4-2-10(6-12(13)15)3-5-14(18)19/h2-8H,9H2,1H3,(H,18,19). The highest BCUT2D eigenvalue weighted by molar-refractivity contribution is 9.10. The lowest BCUT2D eigenvalue weighted by Crippen LogP contribution is -1.95. The molecule has 2 aromatic rings. The van der Waals surface area contributed by atoms with Crippen LogP contribution in [0.2, 0.25) is 0 Å². The Morgan fingerprint density at radius 1 is 1.55 bits per heavy atom. The minimum Gasteiger partial charge on any atom is -0.488 e. The summed E-state index contributed by atoms with van der Waals surface area (Å²) in [6, 6.07) is 5.39. The van der Waals surface area contributed by atoms with E-state index >= 15 is 0 Å². The zero-order chi connectivity index (χ0) is 14.5. The average Bonchev–Trinajstić information content (AvgIpc) is 2.81. The molecule has 1 heterocycles. The van der Waals surface area contributed by atoms with Gasteiger partial charge in [0.25, 0.3) is 0 Å². The van der Waals surface area contributed by atoms with Crippen LogP contribution in [0.4, 0.5) is 0 Å². The molecule has 2 rings (SSSR count). The summed E-state index contributed by atoms with van der Waals surface area (Å²) < 4.78 is 8.16. The lowest BCUT2D eigenvalue weighted by molar-refractivity contribution is -0.131. The van der Waals surface area contributed by atoms with E-state index in [0.717, 1.165) is 21.7 Å². The molecule has 0 radical (unpaired) electrons. The molecular formula is C14H13BrN2O3. The van der Waals surface area contributed by atoms with E-state index in [9.17, 15) is 4.79 Å². The monoisotopic (exact) mass is 336 g/mol. The van der Waals surface area contributed by atoms with E-state index in [2.05, 4.69) is 21.0 Å². The molecule has 104 valence electrons. The van der Waals surface area contributed by atoms with Crippen molar-refractivity contribution in [3.05, 3.63) is 52.3 Å². The molecule has 0 aliphatic carbocycles. The molecule has 0 aliphatic rings. The van der Waals surface area contributed by atoms with Crippen LogP contribution in [0.25, 0.3) is 6.08 Å². The normalized spacial score (nSPS) is 10.9. The van der Waals surface area contributed by atoms with E-state index < -0.39 is 5.97 Å². The predicted octanol–water partition coefficient (Wildman–Crippen LogP) is 2.86. The van der Waals surface area contributed by atoms with Crippen molar-refractivity contribution < 1.29 is 14.6 Å². The predicted molar refractivity (Wildman–Crippen MR) is 78.4 cm³/mol. The van der Waals surface area contributed by atoms with Crippen molar-refractivity contribution in [1.82, 2.24) is 9.78 Å². The highest BCUT2D eigenvalue weighted by Gasteiger charge is 2.03. The number of aryl methyl sites for hydroxylation is 1. The number of aliphatic carboxylic acids is 1. The van der Waals surface area contributed by atoms with Crippen LogP contribution in [0, 0.1) is 0 Å². The first kappa shape index (κ1) is 14.3. The van der Waals surface area contributed by atoms with Crippen molar-refractivity contribution >= 4 is 28.0 Å². The number of nitrogens with zero attached hydrogens (tertiary/aromatic N) is 2. The van der Waals surface area contributed by atoms with E-state index in [1.165, 1.54) is 6.08 Å². The summed E-state index contributed by atoms with van der Waals surface area (Å²) >= 11 is 3.41. The van der Waals surface area contributed by atoms with Gasteiger partial charge in [-0.2, -0.15) is 5.10 Å². The Morgan fingerprint density at radius 3 is 2.95 bits per heavy atom. The van der Waals surface area contributed by atoms with Crippen molar-refractivity contribution in [1.29, 1.82) is 0 Å². The van der Waals surface area contributed by atoms with Crippen LogP contribution < -0.4 is 4.74 Å². The molecule has 1 aromatic heterocycles. The first-order valence-corrected chi connectivity index (χ1v) is 6.65. The minimum atomic E-state index is -0.974. The van der Waals surface area contributed by atoms with Gasteiger partial charge < -0.3 is 9.84 Å². The van der Waals surface area contributed by atoms with E-state index in [1.54, 1.807) is 29.1 Å². The number of carbonyl (C=O) groups is 1. The van der Waals surface area contributed by atoms with Crippen LogP contribution in [-0.2, 0) is 18.4 Å². The quantitative estimate of drug-likeness (QED) is 0.852. The van der Waals surface area contributed by atoms with E-state index in [4.69, 9.17) is 9.84 Å². The average molecular weight is 337 g/mol. The van der Waals surface area contributed by atoms with Gasteiger partial charge in [0.15, 0.2) is 0 Å². The van der Waals surface area contributed by atoms with Crippen molar-refractivity contribution in [2.75, 3.05) is 0 Å². The molecule has 1 N–H and O–H groups in total.